The summed E-state index contributed by atoms with van der Waals surface area (Å²) in [7, 11) is 0. The Labute approximate surface area is 190 Å². The highest BCUT2D eigenvalue weighted by atomic mass is 32.1. The molecule has 1 aliphatic heterocycles. The second kappa shape index (κ2) is 9.89. The quantitative estimate of drug-likeness (QED) is 0.558. The zero-order chi connectivity index (χ0) is 22.5. The maximum absolute atomic E-state index is 13.8. The van der Waals surface area contributed by atoms with Gasteiger partial charge in [0, 0.05) is 29.6 Å². The molecule has 0 unspecified atom stereocenters. The maximum Gasteiger partial charge on any atom is 0.257 e. The molecule has 0 radical (unpaired) electrons. The number of halogens is 1. The van der Waals surface area contributed by atoms with E-state index in [0.717, 1.165) is 16.0 Å². The van der Waals surface area contributed by atoms with Gasteiger partial charge in [-0.15, -0.1) is 11.3 Å². The molecular weight excluding hydrogens is 427 g/mol. The van der Waals surface area contributed by atoms with E-state index in [1.807, 2.05) is 37.3 Å². The Balaban J connectivity index is 1.65. The number of carbonyl (C=O) groups is 2. The van der Waals surface area contributed by atoms with Crippen LogP contribution in [0.2, 0.25) is 0 Å². The van der Waals surface area contributed by atoms with Crippen LogP contribution in [-0.2, 0) is 9.53 Å². The average molecular weight is 451 g/mol. The number of benzene rings is 2. The molecule has 2 amide bonds. The number of anilines is 1. The summed E-state index contributed by atoms with van der Waals surface area (Å²) >= 11 is 1.37. The van der Waals surface area contributed by atoms with Crippen molar-refractivity contribution in [1.29, 1.82) is 0 Å². The van der Waals surface area contributed by atoms with Crippen molar-refractivity contribution in [1.82, 2.24) is 4.90 Å². The Kier molecular flexibility index (Phi) is 6.78. The summed E-state index contributed by atoms with van der Waals surface area (Å²) in [5, 5.41) is 3.33. The van der Waals surface area contributed by atoms with Crippen molar-refractivity contribution in [3.63, 3.8) is 0 Å². The number of rotatable bonds is 5. The molecule has 1 aromatic heterocycles. The molecule has 5 nitrogen and oxygen atoms in total. The molecule has 7 heteroatoms. The van der Waals surface area contributed by atoms with Gasteiger partial charge in [0.25, 0.3) is 5.91 Å². The SMILES string of the molecule is Cc1c(-c2ccccc2)sc(NC(=O)/C=C/c2ccccc2F)c1C(=O)N1CCOCC1. The standard InChI is InChI=1S/C25H23FN2O3S/c1-17-22(25(30)28-13-15-31-16-14-28)24(32-23(17)19-8-3-2-4-9-19)27-21(29)12-11-18-7-5-6-10-20(18)26/h2-12H,13-16H2,1H3,(H,27,29)/b12-11+. The molecule has 0 aliphatic carbocycles. The first kappa shape index (κ1) is 21.9. The molecule has 1 N–H and O–H groups in total. The molecule has 2 aromatic carbocycles. The third kappa shape index (κ3) is 4.79. The molecule has 1 aliphatic rings. The Hall–Kier alpha value is -3.29. The highest BCUT2D eigenvalue weighted by molar-refractivity contribution is 7.20. The Morgan fingerprint density at radius 3 is 2.47 bits per heavy atom. The van der Waals surface area contributed by atoms with Crippen molar-refractivity contribution in [2.45, 2.75) is 6.92 Å². The molecule has 2 heterocycles. The van der Waals surface area contributed by atoms with Crippen molar-refractivity contribution in [3.05, 3.63) is 83.2 Å². The second-order valence-corrected chi connectivity index (χ2v) is 8.40. The normalized spacial score (nSPS) is 14.0. The largest absolute Gasteiger partial charge is 0.378 e. The first-order chi connectivity index (χ1) is 15.5. The number of ether oxygens (including phenoxy) is 1. The summed E-state index contributed by atoms with van der Waals surface area (Å²) in [6.45, 7) is 3.91. The topological polar surface area (TPSA) is 58.6 Å². The van der Waals surface area contributed by atoms with Crippen molar-refractivity contribution in [2.75, 3.05) is 31.6 Å². The molecule has 164 valence electrons. The van der Waals surface area contributed by atoms with E-state index in [4.69, 9.17) is 4.74 Å². The zero-order valence-corrected chi connectivity index (χ0v) is 18.5. The number of carbonyl (C=O) groups excluding carboxylic acids is 2. The van der Waals surface area contributed by atoms with Crippen LogP contribution in [0.4, 0.5) is 9.39 Å². The van der Waals surface area contributed by atoms with E-state index in [0.29, 0.717) is 42.4 Å². The van der Waals surface area contributed by atoms with Gasteiger partial charge >= 0.3 is 0 Å². The zero-order valence-electron chi connectivity index (χ0n) is 17.6. The lowest BCUT2D eigenvalue weighted by Crippen LogP contribution is -2.41. The van der Waals surface area contributed by atoms with E-state index in [9.17, 15) is 14.0 Å². The predicted octanol–water partition coefficient (Wildman–Crippen LogP) is 4.99. The van der Waals surface area contributed by atoms with Gasteiger partial charge in [0.1, 0.15) is 10.8 Å². The van der Waals surface area contributed by atoms with Crippen molar-refractivity contribution in [3.8, 4) is 10.4 Å². The van der Waals surface area contributed by atoms with Gasteiger partial charge in [-0.25, -0.2) is 4.39 Å². The average Bonchev–Trinajstić information content (AvgIpc) is 3.14. The fraction of sp³-hybridized carbons (Fsp3) is 0.200. The van der Waals surface area contributed by atoms with Gasteiger partial charge in [-0.05, 0) is 30.2 Å². The highest BCUT2D eigenvalue weighted by Crippen LogP contribution is 2.40. The van der Waals surface area contributed by atoms with Gasteiger partial charge in [-0.3, -0.25) is 9.59 Å². The lowest BCUT2D eigenvalue weighted by molar-refractivity contribution is -0.111. The summed E-state index contributed by atoms with van der Waals surface area (Å²) < 4.78 is 19.2. The van der Waals surface area contributed by atoms with Gasteiger partial charge in [0.05, 0.1) is 18.8 Å². The summed E-state index contributed by atoms with van der Waals surface area (Å²) in [6, 6.07) is 16.0. The van der Waals surface area contributed by atoms with Crippen LogP contribution >= 0.6 is 11.3 Å². The molecule has 4 rings (SSSR count). The first-order valence-corrected chi connectivity index (χ1v) is 11.2. The molecule has 3 aromatic rings. The molecule has 0 saturated carbocycles. The highest BCUT2D eigenvalue weighted by Gasteiger charge is 2.27. The number of thiophene rings is 1. The lowest BCUT2D eigenvalue weighted by atomic mass is 10.1. The van der Waals surface area contributed by atoms with Crippen molar-refractivity contribution >= 4 is 34.2 Å². The Morgan fingerprint density at radius 2 is 1.75 bits per heavy atom. The van der Waals surface area contributed by atoms with Gasteiger partial charge < -0.3 is 15.0 Å². The lowest BCUT2D eigenvalue weighted by Gasteiger charge is -2.27. The maximum atomic E-state index is 13.8. The van der Waals surface area contributed by atoms with Crippen molar-refractivity contribution < 1.29 is 18.7 Å². The molecular formula is C25H23FN2O3S. The Morgan fingerprint density at radius 1 is 1.06 bits per heavy atom. The van der Waals surface area contributed by atoms with Crippen LogP contribution in [0.15, 0.2) is 60.7 Å². The fourth-order valence-electron chi connectivity index (χ4n) is 3.58. The number of hydrogen-bond donors (Lipinski definition) is 1. The number of nitrogens with zero attached hydrogens (tertiary/aromatic N) is 1. The number of hydrogen-bond acceptors (Lipinski definition) is 4. The minimum absolute atomic E-state index is 0.127. The van der Waals surface area contributed by atoms with Crippen LogP contribution in [0.1, 0.15) is 21.5 Å². The summed E-state index contributed by atoms with van der Waals surface area (Å²) in [5.74, 6) is -0.958. The summed E-state index contributed by atoms with van der Waals surface area (Å²) in [6.07, 6.45) is 2.70. The molecule has 32 heavy (non-hydrogen) atoms. The molecule has 0 bridgehead atoms. The third-order valence-electron chi connectivity index (χ3n) is 5.25. The van der Waals surface area contributed by atoms with E-state index in [-0.39, 0.29) is 5.91 Å². The van der Waals surface area contributed by atoms with E-state index < -0.39 is 11.7 Å². The predicted molar refractivity (Wildman–Crippen MR) is 125 cm³/mol. The van der Waals surface area contributed by atoms with E-state index in [2.05, 4.69) is 5.32 Å². The van der Waals surface area contributed by atoms with Crippen LogP contribution in [0.25, 0.3) is 16.5 Å². The van der Waals surface area contributed by atoms with Crippen LogP contribution < -0.4 is 5.32 Å². The smallest absolute Gasteiger partial charge is 0.257 e. The van der Waals surface area contributed by atoms with Gasteiger partial charge in [0.15, 0.2) is 0 Å². The number of amides is 2. The van der Waals surface area contributed by atoms with Crippen LogP contribution in [0.5, 0.6) is 0 Å². The molecule has 0 spiro atoms. The Bertz CT molecular complexity index is 1150. The van der Waals surface area contributed by atoms with E-state index >= 15 is 0 Å². The fourth-order valence-corrected chi connectivity index (χ4v) is 4.79. The van der Waals surface area contributed by atoms with E-state index in [1.165, 1.54) is 29.6 Å². The van der Waals surface area contributed by atoms with Crippen molar-refractivity contribution in [2.24, 2.45) is 0 Å². The van der Waals surface area contributed by atoms with Gasteiger partial charge in [-0.2, -0.15) is 0 Å². The second-order valence-electron chi connectivity index (χ2n) is 7.38. The monoisotopic (exact) mass is 450 g/mol. The van der Waals surface area contributed by atoms with Gasteiger partial charge in [0.2, 0.25) is 5.91 Å². The minimum Gasteiger partial charge on any atom is -0.378 e. The minimum atomic E-state index is -0.426. The first-order valence-electron chi connectivity index (χ1n) is 10.3. The summed E-state index contributed by atoms with van der Waals surface area (Å²) in [5.41, 5.74) is 2.61. The number of morpholine rings is 1. The molecule has 0 atom stereocenters. The van der Waals surface area contributed by atoms with Crippen LogP contribution in [-0.4, -0.2) is 43.0 Å². The summed E-state index contributed by atoms with van der Waals surface area (Å²) in [4.78, 5) is 28.7. The van der Waals surface area contributed by atoms with Gasteiger partial charge in [-0.1, -0.05) is 48.5 Å². The van der Waals surface area contributed by atoms with Crippen LogP contribution in [0.3, 0.4) is 0 Å². The number of nitrogens with one attached hydrogen (secondary N) is 1. The van der Waals surface area contributed by atoms with Crippen LogP contribution in [0, 0.1) is 12.7 Å². The third-order valence-corrected chi connectivity index (χ3v) is 6.51. The van der Waals surface area contributed by atoms with E-state index in [1.54, 1.807) is 23.1 Å². The molecule has 1 saturated heterocycles. The molecule has 1 fully saturated rings.